The Kier molecular flexibility index (Phi) is 2.29. The number of methoxy groups -OCH3 is 1. The summed E-state index contributed by atoms with van der Waals surface area (Å²) in [6, 6.07) is 4.18. The van der Waals surface area contributed by atoms with E-state index in [1.54, 1.807) is 6.07 Å². The van der Waals surface area contributed by atoms with E-state index in [0.717, 1.165) is 18.7 Å². The fraction of sp³-hybridized carbons (Fsp3) is 0.500. The van der Waals surface area contributed by atoms with E-state index >= 15 is 0 Å². The molecule has 1 saturated heterocycles. The van der Waals surface area contributed by atoms with Crippen molar-refractivity contribution in [3.8, 4) is 0 Å². The molecule has 2 rings (SSSR count). The van der Waals surface area contributed by atoms with E-state index in [0.29, 0.717) is 11.7 Å². The molecular formula is C10H14N2O2. The average Bonchev–Trinajstić information content (AvgIpc) is 2.45. The number of aromatic nitrogens is 1. The molecule has 0 bridgehead atoms. The molecule has 76 valence electrons. The number of carbonyl (C=O) groups excluding carboxylic acids is 1. The summed E-state index contributed by atoms with van der Waals surface area (Å²) in [6.07, 6.45) is 1.14. The van der Waals surface area contributed by atoms with Gasteiger partial charge in [0.1, 0.15) is 5.69 Å². The number of rotatable bonds is 2. The summed E-state index contributed by atoms with van der Waals surface area (Å²) in [4.78, 5) is 11.3. The van der Waals surface area contributed by atoms with Gasteiger partial charge in [-0.15, -0.1) is 0 Å². The number of nitrogens with one attached hydrogen (secondary N) is 1. The lowest BCUT2D eigenvalue weighted by atomic mass is 10.0. The lowest BCUT2D eigenvalue weighted by Crippen LogP contribution is -2.36. The highest BCUT2D eigenvalue weighted by atomic mass is 16.5. The molecule has 4 heteroatoms. The van der Waals surface area contributed by atoms with Gasteiger partial charge < -0.3 is 14.6 Å². The second kappa shape index (κ2) is 3.46. The second-order valence-corrected chi connectivity index (χ2v) is 3.49. The van der Waals surface area contributed by atoms with Crippen LogP contribution in [0, 0.1) is 0 Å². The molecule has 0 spiro atoms. The minimum absolute atomic E-state index is 0.280. The SMILES string of the molecule is COC(=O)c1ccc(C2CCN2)n1C. The van der Waals surface area contributed by atoms with Crippen LogP contribution in [-0.4, -0.2) is 24.2 Å². The quantitative estimate of drug-likeness (QED) is 0.710. The van der Waals surface area contributed by atoms with Crippen LogP contribution in [0.5, 0.6) is 0 Å². The number of hydrogen-bond donors (Lipinski definition) is 1. The van der Waals surface area contributed by atoms with Crippen LogP contribution in [0.1, 0.15) is 28.6 Å². The second-order valence-electron chi connectivity index (χ2n) is 3.49. The Labute approximate surface area is 82.9 Å². The Morgan fingerprint density at radius 2 is 2.36 bits per heavy atom. The normalized spacial score (nSPS) is 20.3. The van der Waals surface area contributed by atoms with Gasteiger partial charge in [-0.1, -0.05) is 0 Å². The third kappa shape index (κ3) is 1.32. The average molecular weight is 194 g/mol. The van der Waals surface area contributed by atoms with Crippen molar-refractivity contribution in [2.75, 3.05) is 13.7 Å². The zero-order valence-corrected chi connectivity index (χ0v) is 8.41. The number of carbonyl (C=O) groups is 1. The van der Waals surface area contributed by atoms with Crippen molar-refractivity contribution in [3.05, 3.63) is 23.5 Å². The van der Waals surface area contributed by atoms with Gasteiger partial charge in [0.05, 0.1) is 7.11 Å². The Hall–Kier alpha value is -1.29. The summed E-state index contributed by atoms with van der Waals surface area (Å²) in [5.41, 5.74) is 1.76. The van der Waals surface area contributed by atoms with Crippen LogP contribution in [0.25, 0.3) is 0 Å². The number of nitrogens with zero attached hydrogens (tertiary/aromatic N) is 1. The first-order chi connectivity index (χ1) is 6.74. The summed E-state index contributed by atoms with van der Waals surface area (Å²) in [5, 5.41) is 3.30. The van der Waals surface area contributed by atoms with Crippen LogP contribution in [0.3, 0.4) is 0 Å². The van der Waals surface area contributed by atoms with Crippen LogP contribution in [0.4, 0.5) is 0 Å². The molecule has 1 fully saturated rings. The maximum atomic E-state index is 11.3. The number of esters is 1. The van der Waals surface area contributed by atoms with E-state index in [-0.39, 0.29) is 5.97 Å². The summed E-state index contributed by atoms with van der Waals surface area (Å²) in [7, 11) is 3.29. The van der Waals surface area contributed by atoms with E-state index in [4.69, 9.17) is 0 Å². The molecule has 0 aliphatic carbocycles. The van der Waals surface area contributed by atoms with Crippen LogP contribution in [-0.2, 0) is 11.8 Å². The van der Waals surface area contributed by atoms with Crippen molar-refractivity contribution < 1.29 is 9.53 Å². The van der Waals surface area contributed by atoms with Crippen LogP contribution in [0.2, 0.25) is 0 Å². The zero-order valence-electron chi connectivity index (χ0n) is 8.41. The van der Waals surface area contributed by atoms with Gasteiger partial charge in [0.25, 0.3) is 0 Å². The van der Waals surface area contributed by atoms with Crippen LogP contribution < -0.4 is 5.32 Å². The van der Waals surface area contributed by atoms with Gasteiger partial charge in [-0.05, 0) is 25.1 Å². The molecule has 1 unspecified atom stereocenters. The van der Waals surface area contributed by atoms with Gasteiger partial charge in [0, 0.05) is 18.8 Å². The van der Waals surface area contributed by atoms with E-state index in [1.165, 1.54) is 7.11 Å². The fourth-order valence-electron chi connectivity index (χ4n) is 1.73. The smallest absolute Gasteiger partial charge is 0.354 e. The first-order valence-electron chi connectivity index (χ1n) is 4.71. The summed E-state index contributed by atoms with van der Waals surface area (Å²) in [6.45, 7) is 1.06. The molecule has 14 heavy (non-hydrogen) atoms. The third-order valence-corrected chi connectivity index (χ3v) is 2.74. The molecule has 1 atom stereocenters. The molecule has 1 N–H and O–H groups in total. The van der Waals surface area contributed by atoms with Crippen LogP contribution >= 0.6 is 0 Å². The summed E-state index contributed by atoms with van der Waals surface area (Å²) in [5.74, 6) is -0.280. The highest BCUT2D eigenvalue weighted by molar-refractivity contribution is 5.87. The van der Waals surface area contributed by atoms with Gasteiger partial charge in [-0.25, -0.2) is 4.79 Å². The summed E-state index contributed by atoms with van der Waals surface area (Å²) < 4.78 is 6.57. The van der Waals surface area contributed by atoms with E-state index in [9.17, 15) is 4.79 Å². The Balaban J connectivity index is 2.27. The fourth-order valence-corrected chi connectivity index (χ4v) is 1.73. The Bertz CT molecular complexity index is 353. The lowest BCUT2D eigenvalue weighted by molar-refractivity contribution is 0.0589. The highest BCUT2D eigenvalue weighted by Crippen LogP contribution is 2.24. The van der Waals surface area contributed by atoms with Gasteiger partial charge in [-0.2, -0.15) is 0 Å². The topological polar surface area (TPSA) is 43.3 Å². The molecule has 0 radical (unpaired) electrons. The molecule has 2 heterocycles. The van der Waals surface area contributed by atoms with Gasteiger partial charge in [0.2, 0.25) is 0 Å². The first kappa shape index (κ1) is 9.27. The zero-order chi connectivity index (χ0) is 10.1. The van der Waals surface area contributed by atoms with Gasteiger partial charge >= 0.3 is 5.97 Å². The molecule has 1 aromatic rings. The molecule has 1 aliphatic rings. The standard InChI is InChI=1S/C10H14N2O2/c1-12-8(7-5-6-11-7)3-4-9(12)10(13)14-2/h3-4,7,11H,5-6H2,1-2H3. The third-order valence-electron chi connectivity index (χ3n) is 2.74. The maximum Gasteiger partial charge on any atom is 0.354 e. The minimum atomic E-state index is -0.280. The van der Waals surface area contributed by atoms with Crippen molar-refractivity contribution in [1.29, 1.82) is 0 Å². The van der Waals surface area contributed by atoms with E-state index in [1.807, 2.05) is 17.7 Å². The first-order valence-corrected chi connectivity index (χ1v) is 4.71. The van der Waals surface area contributed by atoms with Gasteiger partial charge in [0.15, 0.2) is 0 Å². The molecular weight excluding hydrogens is 180 g/mol. The predicted molar refractivity (Wildman–Crippen MR) is 52.1 cm³/mol. The molecule has 1 aromatic heterocycles. The van der Waals surface area contributed by atoms with Crippen LogP contribution in [0.15, 0.2) is 12.1 Å². The highest BCUT2D eigenvalue weighted by Gasteiger charge is 2.23. The van der Waals surface area contributed by atoms with E-state index < -0.39 is 0 Å². The van der Waals surface area contributed by atoms with Crippen molar-refractivity contribution >= 4 is 5.97 Å². The Morgan fingerprint density at radius 1 is 1.64 bits per heavy atom. The Morgan fingerprint density at radius 3 is 2.86 bits per heavy atom. The molecule has 4 nitrogen and oxygen atoms in total. The van der Waals surface area contributed by atoms with E-state index in [2.05, 4.69) is 10.1 Å². The minimum Gasteiger partial charge on any atom is -0.464 e. The van der Waals surface area contributed by atoms with Crippen molar-refractivity contribution in [2.24, 2.45) is 7.05 Å². The monoisotopic (exact) mass is 194 g/mol. The van der Waals surface area contributed by atoms with Crippen molar-refractivity contribution in [2.45, 2.75) is 12.5 Å². The molecule has 0 aromatic carbocycles. The molecule has 0 saturated carbocycles. The van der Waals surface area contributed by atoms with Crippen molar-refractivity contribution in [1.82, 2.24) is 9.88 Å². The number of ether oxygens (including phenoxy) is 1. The predicted octanol–water partition coefficient (Wildman–Crippen LogP) is 0.846. The molecule has 1 aliphatic heterocycles. The lowest BCUT2D eigenvalue weighted by Gasteiger charge is -2.28. The molecule has 0 amide bonds. The largest absolute Gasteiger partial charge is 0.464 e. The number of hydrogen-bond acceptors (Lipinski definition) is 3. The maximum absolute atomic E-state index is 11.3. The summed E-state index contributed by atoms with van der Waals surface area (Å²) >= 11 is 0. The van der Waals surface area contributed by atoms with Gasteiger partial charge in [-0.3, -0.25) is 0 Å². The van der Waals surface area contributed by atoms with Crippen molar-refractivity contribution in [3.63, 3.8) is 0 Å².